The van der Waals surface area contributed by atoms with Crippen LogP contribution in [0.15, 0.2) is 53.1 Å². The van der Waals surface area contributed by atoms with Gasteiger partial charge in [-0.2, -0.15) is 5.10 Å². The van der Waals surface area contributed by atoms with Crippen molar-refractivity contribution in [3.05, 3.63) is 59.4 Å². The zero-order valence-corrected chi connectivity index (χ0v) is 16.1. The first-order chi connectivity index (χ1) is 13.2. The molecule has 0 atom stereocenters. The van der Waals surface area contributed by atoms with E-state index < -0.39 is 0 Å². The van der Waals surface area contributed by atoms with Gasteiger partial charge in [0.05, 0.1) is 17.9 Å². The van der Waals surface area contributed by atoms with Gasteiger partial charge >= 0.3 is 0 Å². The van der Waals surface area contributed by atoms with E-state index in [-0.39, 0.29) is 0 Å². The Morgan fingerprint density at radius 3 is 2.70 bits per heavy atom. The standard InChI is InChI=1S/C19H23N7S/c1-15-6-8-26(23-15)17-5-3-2-4-16(17)14-22-18(20)24-9-11-25(12-10-24)19-21-7-13-27-19/h2-8,13H,9-12,14H2,1H3,(H2,20,22). The van der Waals surface area contributed by atoms with Crippen LogP contribution in [0.3, 0.4) is 0 Å². The summed E-state index contributed by atoms with van der Waals surface area (Å²) in [5, 5.41) is 7.59. The molecule has 0 saturated carbocycles. The van der Waals surface area contributed by atoms with Gasteiger partial charge in [-0.1, -0.05) is 18.2 Å². The first kappa shape index (κ1) is 17.5. The fourth-order valence-electron chi connectivity index (χ4n) is 3.18. The predicted octanol–water partition coefficient (Wildman–Crippen LogP) is 2.27. The Bertz CT molecular complexity index is 908. The number of thiazole rings is 1. The van der Waals surface area contributed by atoms with Crippen molar-refractivity contribution in [3.8, 4) is 5.69 Å². The molecule has 3 heterocycles. The topological polar surface area (TPSA) is 75.6 Å². The van der Waals surface area contributed by atoms with Crippen LogP contribution in [0.2, 0.25) is 0 Å². The highest BCUT2D eigenvalue weighted by Crippen LogP contribution is 2.19. The van der Waals surface area contributed by atoms with Crippen molar-refractivity contribution in [1.29, 1.82) is 0 Å². The molecular formula is C19H23N7S. The van der Waals surface area contributed by atoms with E-state index in [0.717, 1.165) is 48.3 Å². The van der Waals surface area contributed by atoms with Crippen LogP contribution in [0.4, 0.5) is 5.13 Å². The molecule has 2 aromatic heterocycles. The van der Waals surface area contributed by atoms with E-state index in [1.165, 1.54) is 0 Å². The van der Waals surface area contributed by atoms with E-state index in [2.05, 4.69) is 37.0 Å². The van der Waals surface area contributed by atoms with Crippen molar-refractivity contribution in [3.63, 3.8) is 0 Å². The Hall–Kier alpha value is -2.87. The van der Waals surface area contributed by atoms with Gasteiger partial charge < -0.3 is 15.5 Å². The van der Waals surface area contributed by atoms with Crippen LogP contribution in [0.1, 0.15) is 11.3 Å². The normalized spacial score (nSPS) is 15.4. The summed E-state index contributed by atoms with van der Waals surface area (Å²) in [5.41, 5.74) is 9.41. The minimum absolute atomic E-state index is 0.535. The highest BCUT2D eigenvalue weighted by molar-refractivity contribution is 7.13. The number of hydrogen-bond donors (Lipinski definition) is 1. The number of anilines is 1. The molecule has 2 N–H and O–H groups in total. The van der Waals surface area contributed by atoms with Crippen molar-refractivity contribution in [2.24, 2.45) is 10.7 Å². The number of guanidine groups is 1. The summed E-state index contributed by atoms with van der Waals surface area (Å²) in [6.07, 6.45) is 3.82. The molecule has 0 bridgehead atoms. The van der Waals surface area contributed by atoms with Gasteiger partial charge in [-0.25, -0.2) is 14.7 Å². The van der Waals surface area contributed by atoms with Crippen LogP contribution in [0.5, 0.6) is 0 Å². The summed E-state index contributed by atoms with van der Waals surface area (Å²) >= 11 is 1.67. The minimum Gasteiger partial charge on any atom is -0.370 e. The van der Waals surface area contributed by atoms with E-state index >= 15 is 0 Å². The predicted molar refractivity (Wildman–Crippen MR) is 110 cm³/mol. The summed E-state index contributed by atoms with van der Waals surface area (Å²) in [7, 11) is 0. The molecule has 3 aromatic rings. The smallest absolute Gasteiger partial charge is 0.191 e. The number of aliphatic imine (C=N–C) groups is 1. The van der Waals surface area contributed by atoms with Gasteiger partial charge in [0, 0.05) is 44.0 Å². The highest BCUT2D eigenvalue weighted by atomic mass is 32.1. The summed E-state index contributed by atoms with van der Waals surface area (Å²) in [6.45, 7) is 6.05. The molecule has 0 amide bonds. The Labute approximate surface area is 162 Å². The van der Waals surface area contributed by atoms with Crippen LogP contribution in [-0.2, 0) is 6.54 Å². The molecule has 1 aromatic carbocycles. The Morgan fingerprint density at radius 1 is 1.19 bits per heavy atom. The first-order valence-corrected chi connectivity index (χ1v) is 9.88. The van der Waals surface area contributed by atoms with E-state index in [1.54, 1.807) is 11.3 Å². The van der Waals surface area contributed by atoms with Crippen molar-refractivity contribution < 1.29 is 0 Å². The lowest BCUT2D eigenvalue weighted by Gasteiger charge is -2.35. The maximum absolute atomic E-state index is 6.28. The number of aryl methyl sites for hydroxylation is 1. The lowest BCUT2D eigenvalue weighted by Crippen LogP contribution is -2.51. The van der Waals surface area contributed by atoms with Crippen LogP contribution >= 0.6 is 11.3 Å². The fraction of sp³-hybridized carbons (Fsp3) is 0.316. The summed E-state index contributed by atoms with van der Waals surface area (Å²) in [4.78, 5) is 13.5. The Balaban J connectivity index is 1.42. The molecule has 8 heteroatoms. The molecule has 1 aliphatic heterocycles. The third-order valence-corrected chi connectivity index (χ3v) is 5.50. The quantitative estimate of drug-likeness (QED) is 0.554. The number of hydrogen-bond acceptors (Lipinski definition) is 5. The van der Waals surface area contributed by atoms with Crippen LogP contribution in [0, 0.1) is 6.92 Å². The van der Waals surface area contributed by atoms with Crippen LogP contribution in [0.25, 0.3) is 5.69 Å². The minimum atomic E-state index is 0.535. The van der Waals surface area contributed by atoms with E-state index in [1.807, 2.05) is 47.6 Å². The first-order valence-electron chi connectivity index (χ1n) is 9.00. The van der Waals surface area contributed by atoms with Gasteiger partial charge in [0.25, 0.3) is 0 Å². The lowest BCUT2D eigenvalue weighted by molar-refractivity contribution is 0.380. The number of nitrogens with zero attached hydrogens (tertiary/aromatic N) is 6. The number of piperazine rings is 1. The lowest BCUT2D eigenvalue weighted by atomic mass is 10.2. The Morgan fingerprint density at radius 2 is 2.00 bits per heavy atom. The maximum atomic E-state index is 6.28. The molecular weight excluding hydrogens is 358 g/mol. The summed E-state index contributed by atoms with van der Waals surface area (Å²) in [6, 6.07) is 10.2. The van der Waals surface area contributed by atoms with Gasteiger partial charge in [-0.15, -0.1) is 11.3 Å². The van der Waals surface area contributed by atoms with Gasteiger partial charge in [0.1, 0.15) is 0 Å². The SMILES string of the molecule is Cc1ccn(-c2ccccc2CN=C(N)N2CCN(c3nccs3)CC2)n1. The van der Waals surface area contributed by atoms with Crippen molar-refractivity contribution in [1.82, 2.24) is 19.7 Å². The molecule has 4 rings (SSSR count). The second-order valence-corrected chi connectivity index (χ2v) is 7.37. The molecule has 0 spiro atoms. The second-order valence-electron chi connectivity index (χ2n) is 6.49. The molecule has 0 unspecified atom stereocenters. The zero-order chi connectivity index (χ0) is 18.6. The molecule has 140 valence electrons. The average molecular weight is 382 g/mol. The monoisotopic (exact) mass is 381 g/mol. The fourth-order valence-corrected chi connectivity index (χ4v) is 3.88. The molecule has 0 radical (unpaired) electrons. The third-order valence-electron chi connectivity index (χ3n) is 4.67. The summed E-state index contributed by atoms with van der Waals surface area (Å²) < 4.78 is 1.89. The molecule has 0 aliphatic carbocycles. The molecule has 1 aliphatic rings. The van der Waals surface area contributed by atoms with Gasteiger partial charge in [-0.05, 0) is 24.6 Å². The summed E-state index contributed by atoms with van der Waals surface area (Å²) in [5.74, 6) is 0.597. The maximum Gasteiger partial charge on any atom is 0.191 e. The number of benzene rings is 1. The Kier molecular flexibility index (Phi) is 5.06. The number of nitrogens with two attached hydrogens (primary N) is 1. The van der Waals surface area contributed by atoms with Gasteiger partial charge in [0.15, 0.2) is 11.1 Å². The number of rotatable bonds is 4. The van der Waals surface area contributed by atoms with Crippen molar-refractivity contribution in [2.75, 3.05) is 31.1 Å². The number of para-hydroxylation sites is 1. The molecule has 1 fully saturated rings. The molecule has 27 heavy (non-hydrogen) atoms. The van der Waals surface area contributed by atoms with E-state index in [4.69, 9.17) is 5.73 Å². The van der Waals surface area contributed by atoms with E-state index in [0.29, 0.717) is 12.5 Å². The highest BCUT2D eigenvalue weighted by Gasteiger charge is 2.19. The van der Waals surface area contributed by atoms with Gasteiger partial charge in [0.2, 0.25) is 0 Å². The second kappa shape index (κ2) is 7.79. The van der Waals surface area contributed by atoms with E-state index in [9.17, 15) is 0 Å². The number of aromatic nitrogens is 3. The zero-order valence-electron chi connectivity index (χ0n) is 15.3. The third kappa shape index (κ3) is 3.95. The van der Waals surface area contributed by atoms with Crippen LogP contribution < -0.4 is 10.6 Å². The average Bonchev–Trinajstić information content (AvgIpc) is 3.38. The molecule has 1 saturated heterocycles. The van der Waals surface area contributed by atoms with Crippen molar-refractivity contribution >= 4 is 22.4 Å². The van der Waals surface area contributed by atoms with Crippen LogP contribution in [-0.4, -0.2) is 51.8 Å². The van der Waals surface area contributed by atoms with Crippen molar-refractivity contribution in [2.45, 2.75) is 13.5 Å². The van der Waals surface area contributed by atoms with Gasteiger partial charge in [-0.3, -0.25) is 0 Å². The molecule has 7 nitrogen and oxygen atoms in total. The largest absolute Gasteiger partial charge is 0.370 e.